The largest absolute Gasteiger partial charge is 0.349 e. The molecule has 1 amide bonds. The maximum Gasteiger partial charge on any atom is 0.221 e. The van der Waals surface area contributed by atoms with Gasteiger partial charge in [0.2, 0.25) is 5.91 Å². The van der Waals surface area contributed by atoms with Crippen molar-refractivity contribution < 1.29 is 4.79 Å². The Morgan fingerprint density at radius 1 is 1.73 bits per heavy atom. The Labute approximate surface area is 89.6 Å². The number of rotatable bonds is 4. The third-order valence-corrected chi connectivity index (χ3v) is 2.49. The highest BCUT2D eigenvalue weighted by Gasteiger charge is 2.13. The van der Waals surface area contributed by atoms with Gasteiger partial charge in [0.15, 0.2) is 0 Å². The molecule has 84 valence electrons. The van der Waals surface area contributed by atoms with E-state index in [0.717, 1.165) is 11.3 Å². The summed E-state index contributed by atoms with van der Waals surface area (Å²) in [6.07, 6.45) is 2.15. The van der Waals surface area contributed by atoms with Crippen molar-refractivity contribution in [3.63, 3.8) is 0 Å². The minimum atomic E-state index is -0.0201. The Morgan fingerprint density at radius 2 is 2.40 bits per heavy atom. The van der Waals surface area contributed by atoms with Gasteiger partial charge in [-0.1, -0.05) is 0 Å². The van der Waals surface area contributed by atoms with Gasteiger partial charge in [0.25, 0.3) is 0 Å². The van der Waals surface area contributed by atoms with E-state index >= 15 is 0 Å². The number of nitrogens with one attached hydrogen (secondary N) is 1. The third kappa shape index (κ3) is 2.79. The van der Waals surface area contributed by atoms with Crippen molar-refractivity contribution in [2.45, 2.75) is 26.3 Å². The summed E-state index contributed by atoms with van der Waals surface area (Å²) in [7, 11) is 1.88. The molecule has 0 saturated heterocycles. The normalized spacial score (nSPS) is 12.5. The van der Waals surface area contributed by atoms with Crippen LogP contribution >= 0.6 is 0 Å². The molecule has 0 bridgehead atoms. The molecule has 0 aliphatic heterocycles. The molecule has 0 radical (unpaired) electrons. The van der Waals surface area contributed by atoms with E-state index in [-0.39, 0.29) is 11.9 Å². The van der Waals surface area contributed by atoms with Crippen LogP contribution in [-0.4, -0.2) is 22.2 Å². The van der Waals surface area contributed by atoms with E-state index in [0.29, 0.717) is 13.0 Å². The molecule has 5 heteroatoms. The maximum absolute atomic E-state index is 11.3. The van der Waals surface area contributed by atoms with Gasteiger partial charge in [0.05, 0.1) is 12.2 Å². The molecule has 0 fully saturated rings. The Kier molecular flexibility index (Phi) is 3.85. The molecule has 1 rings (SSSR count). The lowest BCUT2D eigenvalue weighted by molar-refractivity contribution is -0.121. The first-order valence-electron chi connectivity index (χ1n) is 5.04. The predicted molar refractivity (Wildman–Crippen MR) is 58.2 cm³/mol. The van der Waals surface area contributed by atoms with Crippen molar-refractivity contribution in [1.82, 2.24) is 15.1 Å². The number of carbonyl (C=O) groups excluding carboxylic acids is 1. The second-order valence-electron chi connectivity index (χ2n) is 3.64. The van der Waals surface area contributed by atoms with Crippen LogP contribution in [0.1, 0.15) is 30.6 Å². The summed E-state index contributed by atoms with van der Waals surface area (Å²) in [4.78, 5) is 11.3. The smallest absolute Gasteiger partial charge is 0.221 e. The molecular formula is C10H18N4O. The highest BCUT2D eigenvalue weighted by molar-refractivity contribution is 5.76. The van der Waals surface area contributed by atoms with E-state index in [1.165, 1.54) is 0 Å². The van der Waals surface area contributed by atoms with Gasteiger partial charge in [0.1, 0.15) is 0 Å². The average Bonchev–Trinajstić information content (AvgIpc) is 2.48. The summed E-state index contributed by atoms with van der Waals surface area (Å²) in [5.74, 6) is -0.0201. The number of hydrogen-bond donors (Lipinski definition) is 2. The first kappa shape index (κ1) is 11.7. The van der Waals surface area contributed by atoms with Crippen LogP contribution in [0.2, 0.25) is 0 Å². The molecule has 1 aromatic rings. The molecule has 0 aromatic carbocycles. The molecule has 0 aliphatic rings. The number of hydrogen-bond acceptors (Lipinski definition) is 3. The molecule has 1 aromatic heterocycles. The maximum atomic E-state index is 11.3. The average molecular weight is 210 g/mol. The standard InChI is InChI=1S/C10H18N4O/c1-7(13-10(15)4-5-11)9-6-12-14(3)8(9)2/h6-7H,4-5,11H2,1-3H3,(H,13,15). The lowest BCUT2D eigenvalue weighted by Gasteiger charge is -2.13. The van der Waals surface area contributed by atoms with E-state index in [4.69, 9.17) is 5.73 Å². The zero-order valence-electron chi connectivity index (χ0n) is 9.45. The van der Waals surface area contributed by atoms with E-state index in [1.54, 1.807) is 10.9 Å². The molecule has 0 spiro atoms. The van der Waals surface area contributed by atoms with E-state index in [1.807, 2.05) is 20.9 Å². The van der Waals surface area contributed by atoms with Gasteiger partial charge < -0.3 is 11.1 Å². The summed E-state index contributed by atoms with van der Waals surface area (Å²) < 4.78 is 1.79. The Bertz CT molecular complexity index is 345. The molecule has 15 heavy (non-hydrogen) atoms. The predicted octanol–water partition coefficient (Wildman–Crippen LogP) is 0.255. The summed E-state index contributed by atoms with van der Waals surface area (Å²) in [5.41, 5.74) is 7.41. The van der Waals surface area contributed by atoms with Crippen LogP contribution in [0.5, 0.6) is 0 Å². The van der Waals surface area contributed by atoms with Crippen LogP contribution in [0.3, 0.4) is 0 Å². The first-order valence-corrected chi connectivity index (χ1v) is 5.04. The number of nitrogens with zero attached hydrogens (tertiary/aromatic N) is 2. The molecule has 0 aliphatic carbocycles. The lowest BCUT2D eigenvalue weighted by atomic mass is 10.1. The fourth-order valence-corrected chi connectivity index (χ4v) is 1.46. The Balaban J connectivity index is 2.65. The van der Waals surface area contributed by atoms with Gasteiger partial charge in [-0.2, -0.15) is 5.10 Å². The molecule has 1 atom stereocenters. The summed E-state index contributed by atoms with van der Waals surface area (Å²) in [6, 6.07) is -0.0160. The van der Waals surface area contributed by atoms with Gasteiger partial charge in [-0.15, -0.1) is 0 Å². The minimum absolute atomic E-state index is 0.0160. The zero-order chi connectivity index (χ0) is 11.4. The van der Waals surface area contributed by atoms with Crippen molar-refractivity contribution in [3.8, 4) is 0 Å². The van der Waals surface area contributed by atoms with E-state index in [9.17, 15) is 4.79 Å². The molecular weight excluding hydrogens is 192 g/mol. The Morgan fingerprint density at radius 3 is 2.87 bits per heavy atom. The van der Waals surface area contributed by atoms with E-state index in [2.05, 4.69) is 10.4 Å². The first-order chi connectivity index (χ1) is 7.06. The monoisotopic (exact) mass is 210 g/mol. The van der Waals surface area contributed by atoms with Crippen molar-refractivity contribution >= 4 is 5.91 Å². The summed E-state index contributed by atoms with van der Waals surface area (Å²) >= 11 is 0. The van der Waals surface area contributed by atoms with Crippen LogP contribution in [0.4, 0.5) is 0 Å². The number of carbonyl (C=O) groups is 1. The number of amides is 1. The van der Waals surface area contributed by atoms with Crippen LogP contribution in [0.15, 0.2) is 6.20 Å². The topological polar surface area (TPSA) is 72.9 Å². The van der Waals surface area contributed by atoms with Gasteiger partial charge in [-0.05, 0) is 13.8 Å². The van der Waals surface area contributed by atoms with Crippen molar-refractivity contribution in [1.29, 1.82) is 0 Å². The second kappa shape index (κ2) is 4.93. The molecule has 1 unspecified atom stereocenters. The Hall–Kier alpha value is -1.36. The van der Waals surface area contributed by atoms with Crippen LogP contribution in [-0.2, 0) is 11.8 Å². The van der Waals surface area contributed by atoms with E-state index < -0.39 is 0 Å². The molecule has 3 N–H and O–H groups in total. The second-order valence-corrected chi connectivity index (χ2v) is 3.64. The quantitative estimate of drug-likeness (QED) is 0.748. The van der Waals surface area contributed by atoms with Gasteiger partial charge in [-0.25, -0.2) is 0 Å². The number of nitrogens with two attached hydrogens (primary N) is 1. The molecule has 0 saturated carbocycles. The van der Waals surface area contributed by atoms with Crippen molar-refractivity contribution in [2.24, 2.45) is 12.8 Å². The summed E-state index contributed by atoms with van der Waals surface area (Å²) in [5, 5.41) is 7.01. The third-order valence-electron chi connectivity index (χ3n) is 2.49. The SMILES string of the molecule is Cc1c(C(C)NC(=O)CCN)cnn1C. The van der Waals surface area contributed by atoms with Gasteiger partial charge in [0, 0.05) is 31.3 Å². The zero-order valence-corrected chi connectivity index (χ0v) is 9.45. The molecule has 5 nitrogen and oxygen atoms in total. The van der Waals surface area contributed by atoms with Crippen molar-refractivity contribution in [3.05, 3.63) is 17.5 Å². The summed E-state index contributed by atoms with van der Waals surface area (Å²) in [6.45, 7) is 4.30. The highest BCUT2D eigenvalue weighted by Crippen LogP contribution is 2.15. The van der Waals surface area contributed by atoms with Crippen LogP contribution < -0.4 is 11.1 Å². The minimum Gasteiger partial charge on any atom is -0.349 e. The van der Waals surface area contributed by atoms with Gasteiger partial charge >= 0.3 is 0 Å². The highest BCUT2D eigenvalue weighted by atomic mass is 16.1. The lowest BCUT2D eigenvalue weighted by Crippen LogP contribution is -2.28. The molecule has 1 heterocycles. The van der Waals surface area contributed by atoms with Crippen molar-refractivity contribution in [2.75, 3.05) is 6.54 Å². The number of aryl methyl sites for hydroxylation is 1. The fourth-order valence-electron chi connectivity index (χ4n) is 1.46. The number of aromatic nitrogens is 2. The van der Waals surface area contributed by atoms with Gasteiger partial charge in [-0.3, -0.25) is 9.48 Å². The van der Waals surface area contributed by atoms with Crippen LogP contribution in [0.25, 0.3) is 0 Å². The fraction of sp³-hybridized carbons (Fsp3) is 0.600. The van der Waals surface area contributed by atoms with Crippen LogP contribution in [0, 0.1) is 6.92 Å².